The van der Waals surface area contributed by atoms with Gasteiger partial charge in [-0.25, -0.2) is 4.68 Å². The Hall–Kier alpha value is -1.65. The van der Waals surface area contributed by atoms with Crippen LogP contribution in [0.2, 0.25) is 0 Å². The average molecular weight is 156 g/mol. The molecule has 1 amide bonds. The molecule has 1 aromatic rings. The first-order chi connectivity index (χ1) is 5.09. The minimum absolute atomic E-state index is 0.101. The van der Waals surface area contributed by atoms with E-state index < -0.39 is 0 Å². The van der Waals surface area contributed by atoms with Crippen molar-refractivity contribution in [2.45, 2.75) is 6.92 Å². The van der Waals surface area contributed by atoms with E-state index in [1.165, 1.54) is 13.1 Å². The maximum Gasteiger partial charge on any atom is 0.235 e. The molecule has 60 valence electrons. The van der Waals surface area contributed by atoms with Crippen molar-refractivity contribution >= 4 is 5.91 Å². The van der Waals surface area contributed by atoms with E-state index in [4.69, 9.17) is 10.2 Å². The Morgan fingerprint density at radius 1 is 1.64 bits per heavy atom. The molecule has 0 fully saturated rings. The van der Waals surface area contributed by atoms with Gasteiger partial charge in [0.2, 0.25) is 11.8 Å². The minimum Gasteiger partial charge on any atom is -0.506 e. The summed E-state index contributed by atoms with van der Waals surface area (Å²) < 4.78 is 1.03. The predicted molar refractivity (Wildman–Crippen MR) is 37.8 cm³/mol. The van der Waals surface area contributed by atoms with Gasteiger partial charge in [-0.15, -0.1) is 0 Å². The monoisotopic (exact) mass is 156 g/mol. The Kier molecular flexibility index (Phi) is 1.72. The smallest absolute Gasteiger partial charge is 0.235 e. The molecule has 0 radical (unpaired) electrons. The van der Waals surface area contributed by atoms with E-state index in [1.807, 2.05) is 0 Å². The van der Waals surface area contributed by atoms with Crippen molar-refractivity contribution in [3.8, 4) is 11.6 Å². The number of amides is 1. The molecule has 5 nitrogen and oxygen atoms in total. The van der Waals surface area contributed by atoms with E-state index in [0.717, 1.165) is 10.7 Å². The molecule has 0 aliphatic heterocycles. The zero-order valence-corrected chi connectivity index (χ0v) is 5.90. The first kappa shape index (κ1) is 7.46. The lowest BCUT2D eigenvalue weighted by molar-refractivity contribution is -0.115. The third kappa shape index (κ3) is 1.64. The highest BCUT2D eigenvalue weighted by Gasteiger charge is 2.02. The fraction of sp³-hybridized carbons (Fsp3) is 0.167. The summed E-state index contributed by atoms with van der Waals surface area (Å²) in [5.74, 6) is -0.634. The highest BCUT2D eigenvalue weighted by molar-refractivity contribution is 5.81. The van der Waals surface area contributed by atoms with Crippen molar-refractivity contribution < 1.29 is 15.0 Å². The molecule has 0 unspecified atom stereocenters. The summed E-state index contributed by atoms with van der Waals surface area (Å²) >= 11 is 0. The van der Waals surface area contributed by atoms with Crippen LogP contribution in [-0.2, 0) is 4.79 Å². The zero-order chi connectivity index (χ0) is 8.43. The summed E-state index contributed by atoms with van der Waals surface area (Å²) in [7, 11) is 0. The van der Waals surface area contributed by atoms with Gasteiger partial charge in [-0.1, -0.05) is 0 Å². The second-order valence-electron chi connectivity index (χ2n) is 2.09. The minimum atomic E-state index is -0.323. The van der Waals surface area contributed by atoms with Crippen molar-refractivity contribution in [1.82, 2.24) is 4.68 Å². The quantitative estimate of drug-likeness (QED) is 0.535. The molecule has 0 spiro atoms. The molecule has 1 heterocycles. The van der Waals surface area contributed by atoms with Crippen LogP contribution >= 0.6 is 0 Å². The summed E-state index contributed by atoms with van der Waals surface area (Å²) in [4.78, 5) is 10.4. The van der Waals surface area contributed by atoms with Crippen LogP contribution in [0.4, 0.5) is 0 Å². The van der Waals surface area contributed by atoms with Crippen LogP contribution in [0.5, 0.6) is 11.6 Å². The van der Waals surface area contributed by atoms with Crippen LogP contribution in [0.3, 0.4) is 0 Å². The van der Waals surface area contributed by atoms with E-state index in [-0.39, 0.29) is 17.5 Å². The Balaban J connectivity index is 2.85. The highest BCUT2D eigenvalue weighted by Crippen LogP contribution is 2.17. The lowest BCUT2D eigenvalue weighted by Gasteiger charge is -2.02. The molecular weight excluding hydrogens is 148 g/mol. The molecule has 1 aromatic heterocycles. The number of nitrogens with zero attached hydrogens (tertiary/aromatic N) is 1. The number of hydrogen-bond donors (Lipinski definition) is 3. The number of carbonyl (C=O) groups is 1. The Morgan fingerprint density at radius 3 is 2.64 bits per heavy atom. The van der Waals surface area contributed by atoms with Gasteiger partial charge in [0.05, 0.1) is 6.20 Å². The molecule has 5 heteroatoms. The molecule has 0 aliphatic carbocycles. The van der Waals surface area contributed by atoms with Crippen molar-refractivity contribution in [2.24, 2.45) is 0 Å². The second kappa shape index (κ2) is 2.53. The Morgan fingerprint density at radius 2 is 2.27 bits per heavy atom. The van der Waals surface area contributed by atoms with Crippen LogP contribution in [-0.4, -0.2) is 20.8 Å². The van der Waals surface area contributed by atoms with Gasteiger partial charge in [-0.05, 0) is 0 Å². The predicted octanol–water partition coefficient (Wildman–Crippen LogP) is -0.0107. The van der Waals surface area contributed by atoms with Gasteiger partial charge in [0.1, 0.15) is 5.75 Å². The first-order valence-electron chi connectivity index (χ1n) is 2.97. The molecule has 11 heavy (non-hydrogen) atoms. The average Bonchev–Trinajstić information content (AvgIpc) is 2.09. The molecule has 0 aliphatic rings. The third-order valence-electron chi connectivity index (χ3n) is 1.06. The molecule has 3 N–H and O–H groups in total. The van der Waals surface area contributed by atoms with Crippen molar-refractivity contribution in [2.75, 3.05) is 5.43 Å². The maximum atomic E-state index is 10.4. The van der Waals surface area contributed by atoms with Gasteiger partial charge < -0.3 is 10.2 Å². The number of carbonyl (C=O) groups excluding carboxylic acids is 1. The summed E-state index contributed by atoms with van der Waals surface area (Å²) in [6, 6.07) is 1.12. The summed E-state index contributed by atoms with van der Waals surface area (Å²) in [5, 5.41) is 17.8. The van der Waals surface area contributed by atoms with Crippen molar-refractivity contribution in [3.63, 3.8) is 0 Å². The lowest BCUT2D eigenvalue weighted by atomic mass is 10.6. The van der Waals surface area contributed by atoms with Gasteiger partial charge in [0, 0.05) is 13.0 Å². The van der Waals surface area contributed by atoms with Crippen LogP contribution in [0.15, 0.2) is 12.3 Å². The summed E-state index contributed by atoms with van der Waals surface area (Å²) in [5.41, 5.74) is 2.26. The van der Waals surface area contributed by atoms with E-state index >= 15 is 0 Å². The number of aromatic hydroxyl groups is 2. The second-order valence-corrected chi connectivity index (χ2v) is 2.09. The normalized spacial score (nSPS) is 9.55. The Labute approximate surface area is 62.9 Å². The molecule has 0 saturated heterocycles. The fourth-order valence-electron chi connectivity index (χ4n) is 0.697. The lowest BCUT2D eigenvalue weighted by Crippen LogP contribution is -2.17. The van der Waals surface area contributed by atoms with Gasteiger partial charge in [-0.3, -0.25) is 10.2 Å². The number of aromatic nitrogens is 1. The molecule has 0 bridgehead atoms. The van der Waals surface area contributed by atoms with Gasteiger partial charge in [0.15, 0.2) is 0 Å². The maximum absolute atomic E-state index is 10.4. The molecule has 0 saturated carbocycles. The highest BCUT2D eigenvalue weighted by atomic mass is 16.3. The van der Waals surface area contributed by atoms with Crippen LogP contribution in [0.1, 0.15) is 6.92 Å². The van der Waals surface area contributed by atoms with E-state index in [1.54, 1.807) is 0 Å². The Bertz CT molecular complexity index is 279. The number of hydrogen-bond acceptors (Lipinski definition) is 3. The largest absolute Gasteiger partial charge is 0.506 e. The molecule has 1 rings (SSSR count). The van der Waals surface area contributed by atoms with Crippen LogP contribution < -0.4 is 5.43 Å². The molecule has 0 atom stereocenters. The van der Waals surface area contributed by atoms with Crippen molar-refractivity contribution in [1.29, 1.82) is 0 Å². The van der Waals surface area contributed by atoms with Gasteiger partial charge in [-0.2, -0.15) is 0 Å². The van der Waals surface area contributed by atoms with Gasteiger partial charge >= 0.3 is 0 Å². The summed E-state index contributed by atoms with van der Waals surface area (Å²) in [6.45, 7) is 1.30. The zero-order valence-electron chi connectivity index (χ0n) is 5.90. The molecular formula is C6H8N2O3. The third-order valence-corrected chi connectivity index (χ3v) is 1.06. The van der Waals surface area contributed by atoms with E-state index in [2.05, 4.69) is 5.43 Å². The van der Waals surface area contributed by atoms with Crippen LogP contribution in [0.25, 0.3) is 0 Å². The number of nitrogens with one attached hydrogen (secondary N) is 1. The SMILES string of the molecule is CC(=O)Nn1cc(O)cc1O. The van der Waals surface area contributed by atoms with E-state index in [9.17, 15) is 4.79 Å². The van der Waals surface area contributed by atoms with Gasteiger partial charge in [0.25, 0.3) is 0 Å². The summed E-state index contributed by atoms with van der Waals surface area (Å²) in [6.07, 6.45) is 1.19. The topological polar surface area (TPSA) is 74.5 Å². The first-order valence-corrected chi connectivity index (χ1v) is 2.97. The van der Waals surface area contributed by atoms with E-state index in [0.29, 0.717) is 0 Å². The molecule has 0 aromatic carbocycles. The fourth-order valence-corrected chi connectivity index (χ4v) is 0.697. The van der Waals surface area contributed by atoms with Crippen LogP contribution in [0, 0.1) is 0 Å². The van der Waals surface area contributed by atoms with Crippen molar-refractivity contribution in [3.05, 3.63) is 12.3 Å². The number of rotatable bonds is 1. The standard InChI is InChI=1S/C6H8N2O3/c1-4(9)7-8-3-5(10)2-6(8)11/h2-3,10-11H,1H3,(H,7,9).